The second-order valence-electron chi connectivity index (χ2n) is 4.50. The van der Waals surface area contributed by atoms with Crippen LogP contribution in [0.15, 0.2) is 41.3 Å². The van der Waals surface area contributed by atoms with Gasteiger partial charge in [0.2, 0.25) is 0 Å². The zero-order valence-electron chi connectivity index (χ0n) is 10.4. The summed E-state index contributed by atoms with van der Waals surface area (Å²) in [5, 5.41) is 19.1. The Balaban J connectivity index is 2.29. The highest BCUT2D eigenvalue weighted by Crippen LogP contribution is 2.22. The van der Waals surface area contributed by atoms with Gasteiger partial charge in [-0.2, -0.15) is 5.26 Å². The van der Waals surface area contributed by atoms with Crippen molar-refractivity contribution in [1.82, 2.24) is 9.97 Å². The minimum absolute atomic E-state index is 0.0567. The van der Waals surface area contributed by atoms with E-state index in [1.54, 1.807) is 43.5 Å². The number of aromatic nitrogens is 2. The molecule has 0 fully saturated rings. The molecule has 0 amide bonds. The molecule has 1 atom stereocenters. The van der Waals surface area contributed by atoms with E-state index in [2.05, 4.69) is 9.97 Å². The Bertz CT molecular complexity index is 669. The van der Waals surface area contributed by atoms with Crippen molar-refractivity contribution in [2.24, 2.45) is 0 Å². The molecule has 2 aromatic heterocycles. The molecule has 0 saturated heterocycles. The molecule has 5 heteroatoms. The Hall–Kier alpha value is -2.45. The van der Waals surface area contributed by atoms with Crippen LogP contribution in [0.25, 0.3) is 0 Å². The predicted octanol–water partition coefficient (Wildman–Crippen LogP) is 1.09. The van der Waals surface area contributed by atoms with Crippen LogP contribution >= 0.6 is 0 Å². The molecule has 0 aromatic carbocycles. The maximum Gasteiger partial charge on any atom is 0.266 e. The number of H-pyrrole nitrogens is 1. The van der Waals surface area contributed by atoms with Gasteiger partial charge >= 0.3 is 0 Å². The van der Waals surface area contributed by atoms with Crippen molar-refractivity contribution < 1.29 is 5.11 Å². The first-order valence-electron chi connectivity index (χ1n) is 5.79. The molecule has 0 spiro atoms. The topological polar surface area (TPSA) is 89.8 Å². The van der Waals surface area contributed by atoms with Gasteiger partial charge in [-0.3, -0.25) is 9.78 Å². The monoisotopic (exact) mass is 255 g/mol. The molecule has 0 aliphatic carbocycles. The quantitative estimate of drug-likeness (QED) is 0.859. The number of nitriles is 1. The van der Waals surface area contributed by atoms with Crippen LogP contribution in [0.5, 0.6) is 0 Å². The minimum Gasteiger partial charge on any atom is -0.383 e. The van der Waals surface area contributed by atoms with Crippen molar-refractivity contribution >= 4 is 0 Å². The van der Waals surface area contributed by atoms with E-state index in [-0.39, 0.29) is 12.0 Å². The van der Waals surface area contributed by atoms with E-state index in [1.165, 1.54) is 6.07 Å². The van der Waals surface area contributed by atoms with E-state index in [0.717, 1.165) is 0 Å². The zero-order chi connectivity index (χ0) is 13.9. The fraction of sp³-hybridized carbons (Fsp3) is 0.214. The third kappa shape index (κ3) is 2.87. The van der Waals surface area contributed by atoms with Crippen LogP contribution < -0.4 is 5.56 Å². The van der Waals surface area contributed by atoms with Gasteiger partial charge in [-0.05, 0) is 31.2 Å². The molecule has 0 radical (unpaired) electrons. The predicted molar refractivity (Wildman–Crippen MR) is 69.3 cm³/mol. The molecule has 0 aliphatic heterocycles. The van der Waals surface area contributed by atoms with Crippen molar-refractivity contribution in [2.45, 2.75) is 18.9 Å². The van der Waals surface area contributed by atoms with Crippen LogP contribution in [0.1, 0.15) is 23.9 Å². The third-order valence-electron chi connectivity index (χ3n) is 2.84. The summed E-state index contributed by atoms with van der Waals surface area (Å²) in [5.74, 6) is 0. The lowest BCUT2D eigenvalue weighted by Gasteiger charge is -2.22. The molecule has 1 unspecified atom stereocenters. The molecule has 0 aliphatic rings. The lowest BCUT2D eigenvalue weighted by atomic mass is 9.95. The normalized spacial score (nSPS) is 13.5. The average Bonchev–Trinajstić information content (AvgIpc) is 2.39. The Morgan fingerprint density at radius 2 is 2.21 bits per heavy atom. The Labute approximate surface area is 110 Å². The smallest absolute Gasteiger partial charge is 0.266 e. The molecular weight excluding hydrogens is 242 g/mol. The number of aromatic amines is 1. The first kappa shape index (κ1) is 13.0. The summed E-state index contributed by atoms with van der Waals surface area (Å²) in [6.45, 7) is 1.63. The van der Waals surface area contributed by atoms with Gasteiger partial charge in [-0.1, -0.05) is 6.07 Å². The number of nitrogens with zero attached hydrogens (tertiary/aromatic N) is 2. The number of hydrogen-bond donors (Lipinski definition) is 2. The van der Waals surface area contributed by atoms with Crippen LogP contribution in [0.4, 0.5) is 0 Å². The third-order valence-corrected chi connectivity index (χ3v) is 2.84. The lowest BCUT2D eigenvalue weighted by Crippen LogP contribution is -2.27. The van der Waals surface area contributed by atoms with Gasteiger partial charge < -0.3 is 10.1 Å². The SMILES string of the molecule is CC(O)(Cc1ccc(C#N)c(=O)[nH]1)c1ccccn1. The number of pyridine rings is 2. The average molecular weight is 255 g/mol. The Morgan fingerprint density at radius 1 is 1.42 bits per heavy atom. The number of rotatable bonds is 3. The molecule has 0 saturated carbocycles. The number of hydrogen-bond acceptors (Lipinski definition) is 4. The van der Waals surface area contributed by atoms with Crippen molar-refractivity contribution in [3.63, 3.8) is 0 Å². The van der Waals surface area contributed by atoms with E-state index in [1.807, 2.05) is 0 Å². The molecule has 2 rings (SSSR count). The molecule has 5 nitrogen and oxygen atoms in total. The van der Waals surface area contributed by atoms with Crippen LogP contribution in [0.3, 0.4) is 0 Å². The molecule has 2 N–H and O–H groups in total. The summed E-state index contributed by atoms with van der Waals surface area (Å²) >= 11 is 0. The van der Waals surface area contributed by atoms with E-state index in [4.69, 9.17) is 5.26 Å². The van der Waals surface area contributed by atoms with Crippen molar-refractivity contribution in [3.05, 3.63) is 63.8 Å². The van der Waals surface area contributed by atoms with Crippen molar-refractivity contribution in [3.8, 4) is 6.07 Å². The van der Waals surface area contributed by atoms with Gasteiger partial charge in [0.15, 0.2) is 0 Å². The second-order valence-corrected chi connectivity index (χ2v) is 4.50. The highest BCUT2D eigenvalue weighted by atomic mass is 16.3. The highest BCUT2D eigenvalue weighted by Gasteiger charge is 2.25. The standard InChI is InChI=1S/C14H13N3O2/c1-14(19,12-4-2-3-7-16-12)8-11-6-5-10(9-15)13(18)17-11/h2-7,19H,8H2,1H3,(H,17,18). The summed E-state index contributed by atoms with van der Waals surface area (Å²) < 4.78 is 0. The largest absolute Gasteiger partial charge is 0.383 e. The maximum absolute atomic E-state index is 11.5. The zero-order valence-corrected chi connectivity index (χ0v) is 10.4. The van der Waals surface area contributed by atoms with Gasteiger partial charge in [0, 0.05) is 18.3 Å². The van der Waals surface area contributed by atoms with E-state index >= 15 is 0 Å². The molecule has 96 valence electrons. The first-order valence-corrected chi connectivity index (χ1v) is 5.79. The van der Waals surface area contributed by atoms with Gasteiger partial charge in [0.25, 0.3) is 5.56 Å². The van der Waals surface area contributed by atoms with E-state index in [0.29, 0.717) is 11.4 Å². The molecule has 2 aromatic rings. The summed E-state index contributed by atoms with van der Waals surface area (Å²) in [6, 6.07) is 10.1. The summed E-state index contributed by atoms with van der Waals surface area (Å²) in [4.78, 5) is 18.2. The first-order chi connectivity index (χ1) is 9.03. The second kappa shape index (κ2) is 5.04. The summed E-state index contributed by atoms with van der Waals surface area (Å²) in [6.07, 6.45) is 1.82. The Kier molecular flexibility index (Phi) is 3.45. The van der Waals surface area contributed by atoms with Crippen LogP contribution in [-0.4, -0.2) is 15.1 Å². The van der Waals surface area contributed by atoms with Crippen LogP contribution in [0.2, 0.25) is 0 Å². The van der Waals surface area contributed by atoms with Gasteiger partial charge in [-0.25, -0.2) is 0 Å². The van der Waals surface area contributed by atoms with E-state index < -0.39 is 11.2 Å². The molecule has 0 bridgehead atoms. The fourth-order valence-electron chi connectivity index (χ4n) is 1.85. The highest BCUT2D eigenvalue weighted by molar-refractivity contribution is 5.27. The van der Waals surface area contributed by atoms with E-state index in [9.17, 15) is 9.90 Å². The molecule has 2 heterocycles. The van der Waals surface area contributed by atoms with Gasteiger partial charge in [0.05, 0.1) is 5.69 Å². The minimum atomic E-state index is -1.18. The van der Waals surface area contributed by atoms with Crippen molar-refractivity contribution in [1.29, 1.82) is 5.26 Å². The van der Waals surface area contributed by atoms with Crippen LogP contribution in [0, 0.1) is 11.3 Å². The van der Waals surface area contributed by atoms with Crippen molar-refractivity contribution in [2.75, 3.05) is 0 Å². The maximum atomic E-state index is 11.5. The Morgan fingerprint density at radius 3 is 2.79 bits per heavy atom. The molecule has 19 heavy (non-hydrogen) atoms. The number of aliphatic hydroxyl groups is 1. The molecular formula is C14H13N3O2. The summed E-state index contributed by atoms with van der Waals surface area (Å²) in [7, 11) is 0. The van der Waals surface area contributed by atoms with Gasteiger partial charge in [-0.15, -0.1) is 0 Å². The number of nitrogens with one attached hydrogen (secondary N) is 1. The lowest BCUT2D eigenvalue weighted by molar-refractivity contribution is 0.0520. The summed E-state index contributed by atoms with van der Waals surface area (Å²) in [5.41, 5.74) is -0.490. The fourth-order valence-corrected chi connectivity index (χ4v) is 1.85. The van der Waals surface area contributed by atoms with Crippen LogP contribution in [-0.2, 0) is 12.0 Å². The van der Waals surface area contributed by atoms with Gasteiger partial charge in [0.1, 0.15) is 17.2 Å².